The molecule has 142 valence electrons. The zero-order chi connectivity index (χ0) is 19.1. The molecule has 0 saturated heterocycles. The summed E-state index contributed by atoms with van der Waals surface area (Å²) in [5.41, 5.74) is 4.68. The van der Waals surface area contributed by atoms with E-state index in [-0.39, 0.29) is 17.8 Å². The monoisotopic (exact) mass is 384 g/mol. The number of benzene rings is 1. The third-order valence-electron chi connectivity index (χ3n) is 4.88. The van der Waals surface area contributed by atoms with Crippen LogP contribution >= 0.6 is 11.3 Å². The summed E-state index contributed by atoms with van der Waals surface area (Å²) >= 11 is 1.58. The molecule has 27 heavy (non-hydrogen) atoms. The maximum atomic E-state index is 12.4. The molecule has 1 N–H and O–H groups in total. The number of nitrogens with zero attached hydrogens (tertiary/aromatic N) is 1. The van der Waals surface area contributed by atoms with Gasteiger partial charge in [-0.2, -0.15) is 0 Å². The lowest BCUT2D eigenvalue weighted by atomic mass is 9.57. The van der Waals surface area contributed by atoms with Gasteiger partial charge in [-0.1, -0.05) is 25.5 Å². The lowest BCUT2D eigenvalue weighted by Crippen LogP contribution is -2.44. The molecule has 0 bridgehead atoms. The summed E-state index contributed by atoms with van der Waals surface area (Å²) in [6, 6.07) is 5.80. The minimum absolute atomic E-state index is 0.0759. The molecule has 1 aliphatic heterocycles. The first-order valence-corrected chi connectivity index (χ1v) is 10.5. The van der Waals surface area contributed by atoms with Gasteiger partial charge in [-0.15, -0.1) is 11.3 Å². The van der Waals surface area contributed by atoms with Gasteiger partial charge in [0.15, 0.2) is 7.28 Å². The standard InChI is InChI=1S/C20H25BN2O3S/c1-2-3-9-26-20(25)16-6-4-5-14-10-18(21-11-17(14)16)23-19(24)8-7-15-12-22-13-27-15/h4-6,12-13,18,21H,2-3,7-11H2,1H3,(H,23,24). The Bertz CT molecular complexity index is 780. The van der Waals surface area contributed by atoms with E-state index in [2.05, 4.69) is 17.2 Å². The molecule has 0 aliphatic carbocycles. The van der Waals surface area contributed by atoms with E-state index in [1.54, 1.807) is 16.8 Å². The minimum atomic E-state index is -0.229. The van der Waals surface area contributed by atoms with E-state index < -0.39 is 0 Å². The second kappa shape index (κ2) is 9.69. The number of aryl methyl sites for hydroxylation is 1. The zero-order valence-electron chi connectivity index (χ0n) is 15.7. The van der Waals surface area contributed by atoms with Crippen LogP contribution in [-0.2, 0) is 28.7 Å². The molecule has 1 aromatic carbocycles. The molecule has 1 aromatic heterocycles. The molecule has 3 rings (SSSR count). The number of esters is 1. The average Bonchev–Trinajstić information content (AvgIpc) is 3.19. The van der Waals surface area contributed by atoms with Crippen LogP contribution in [0.4, 0.5) is 0 Å². The second-order valence-corrected chi connectivity index (χ2v) is 7.88. The van der Waals surface area contributed by atoms with Crippen molar-refractivity contribution in [2.45, 2.75) is 51.3 Å². The van der Waals surface area contributed by atoms with Crippen LogP contribution in [0.5, 0.6) is 0 Å². The number of thiazole rings is 1. The van der Waals surface area contributed by atoms with Crippen LogP contribution in [0.3, 0.4) is 0 Å². The summed E-state index contributed by atoms with van der Waals surface area (Å²) in [4.78, 5) is 29.8. The highest BCUT2D eigenvalue weighted by atomic mass is 32.1. The fraction of sp³-hybridized carbons (Fsp3) is 0.450. The van der Waals surface area contributed by atoms with Crippen molar-refractivity contribution >= 4 is 30.5 Å². The Kier molecular flexibility index (Phi) is 7.04. The molecule has 2 heterocycles. The third-order valence-corrected chi connectivity index (χ3v) is 5.72. The van der Waals surface area contributed by atoms with Gasteiger partial charge in [0.1, 0.15) is 0 Å². The van der Waals surface area contributed by atoms with Crippen molar-refractivity contribution in [3.05, 3.63) is 51.5 Å². The lowest BCUT2D eigenvalue weighted by Gasteiger charge is -2.26. The first-order valence-electron chi connectivity index (χ1n) is 9.62. The molecular formula is C20H25BN2O3S. The van der Waals surface area contributed by atoms with Crippen LogP contribution in [0.25, 0.3) is 0 Å². The van der Waals surface area contributed by atoms with Crippen LogP contribution in [0.1, 0.15) is 52.5 Å². The van der Waals surface area contributed by atoms with Crippen molar-refractivity contribution in [1.29, 1.82) is 0 Å². The van der Waals surface area contributed by atoms with E-state index in [1.807, 2.05) is 24.4 Å². The predicted molar refractivity (Wildman–Crippen MR) is 109 cm³/mol. The van der Waals surface area contributed by atoms with Crippen molar-refractivity contribution in [1.82, 2.24) is 10.3 Å². The van der Waals surface area contributed by atoms with Gasteiger partial charge in [-0.05, 0) is 42.8 Å². The van der Waals surface area contributed by atoms with Crippen molar-refractivity contribution < 1.29 is 14.3 Å². The highest BCUT2D eigenvalue weighted by molar-refractivity contribution is 7.09. The molecule has 2 aromatic rings. The number of amides is 1. The number of unbranched alkanes of at least 4 members (excludes halogenated alkanes) is 1. The Hall–Kier alpha value is -2.15. The van der Waals surface area contributed by atoms with E-state index in [9.17, 15) is 9.59 Å². The SMILES string of the molecule is CCCCOC(=O)c1cccc2c1CBC(NC(=O)CCc1cncs1)C2. The van der Waals surface area contributed by atoms with Crippen LogP contribution in [0, 0.1) is 0 Å². The summed E-state index contributed by atoms with van der Waals surface area (Å²) in [5.74, 6) is -0.0304. The highest BCUT2D eigenvalue weighted by Crippen LogP contribution is 2.22. The third kappa shape index (κ3) is 5.42. The highest BCUT2D eigenvalue weighted by Gasteiger charge is 2.25. The summed E-state index contributed by atoms with van der Waals surface area (Å²) in [5, 5.41) is 3.14. The smallest absolute Gasteiger partial charge is 0.338 e. The van der Waals surface area contributed by atoms with Gasteiger partial charge >= 0.3 is 5.97 Å². The van der Waals surface area contributed by atoms with E-state index in [0.717, 1.165) is 55.3 Å². The molecule has 0 fully saturated rings. The van der Waals surface area contributed by atoms with Crippen molar-refractivity contribution in [2.75, 3.05) is 6.61 Å². The van der Waals surface area contributed by atoms with Crippen LogP contribution in [-0.4, -0.2) is 36.7 Å². The van der Waals surface area contributed by atoms with Gasteiger partial charge in [0.25, 0.3) is 0 Å². The first-order chi connectivity index (χ1) is 13.2. The number of aromatic nitrogens is 1. The molecule has 0 saturated carbocycles. The van der Waals surface area contributed by atoms with Gasteiger partial charge in [0.2, 0.25) is 5.91 Å². The van der Waals surface area contributed by atoms with E-state index in [4.69, 9.17) is 4.74 Å². The molecule has 0 spiro atoms. The van der Waals surface area contributed by atoms with E-state index >= 15 is 0 Å². The number of rotatable bonds is 8. The van der Waals surface area contributed by atoms with Gasteiger partial charge in [0.05, 0.1) is 17.7 Å². The summed E-state index contributed by atoms with van der Waals surface area (Å²) in [6.45, 7) is 2.54. The first kappa shape index (κ1) is 19.6. The molecule has 1 aliphatic rings. The van der Waals surface area contributed by atoms with Crippen molar-refractivity contribution in [3.63, 3.8) is 0 Å². The summed E-state index contributed by atoms with van der Waals surface area (Å²) in [7, 11) is 0.846. The lowest BCUT2D eigenvalue weighted by molar-refractivity contribution is -0.121. The Balaban J connectivity index is 1.55. The van der Waals surface area contributed by atoms with Crippen molar-refractivity contribution in [3.8, 4) is 0 Å². The normalized spacial score (nSPS) is 15.5. The van der Waals surface area contributed by atoms with E-state index in [1.165, 1.54) is 0 Å². The Labute approximate surface area is 164 Å². The van der Waals surface area contributed by atoms with Gasteiger partial charge in [0, 0.05) is 23.4 Å². The molecule has 1 amide bonds. The van der Waals surface area contributed by atoms with Gasteiger partial charge < -0.3 is 10.1 Å². The molecule has 1 atom stereocenters. The molecule has 7 heteroatoms. The largest absolute Gasteiger partial charge is 0.462 e. The predicted octanol–water partition coefficient (Wildman–Crippen LogP) is 2.67. The fourth-order valence-corrected chi connectivity index (χ4v) is 4.01. The fourth-order valence-electron chi connectivity index (χ4n) is 3.41. The van der Waals surface area contributed by atoms with Crippen LogP contribution < -0.4 is 5.32 Å². The summed E-state index contributed by atoms with van der Waals surface area (Å²) in [6.07, 6.45) is 6.46. The number of hydrogen-bond donors (Lipinski definition) is 1. The number of hydrogen-bond acceptors (Lipinski definition) is 5. The van der Waals surface area contributed by atoms with Crippen LogP contribution in [0.2, 0.25) is 0 Å². The Morgan fingerprint density at radius 3 is 3.07 bits per heavy atom. The molecule has 5 nitrogen and oxygen atoms in total. The maximum absolute atomic E-state index is 12.4. The number of carbonyl (C=O) groups excluding carboxylic acids is 2. The average molecular weight is 384 g/mol. The Morgan fingerprint density at radius 2 is 2.30 bits per heavy atom. The van der Waals surface area contributed by atoms with E-state index in [0.29, 0.717) is 18.6 Å². The number of nitrogens with one attached hydrogen (secondary N) is 1. The van der Waals surface area contributed by atoms with Gasteiger partial charge in [-0.3, -0.25) is 9.78 Å². The number of carbonyl (C=O) groups is 2. The number of fused-ring (bicyclic) bond motifs is 1. The van der Waals surface area contributed by atoms with Gasteiger partial charge in [-0.25, -0.2) is 4.79 Å². The number of ether oxygens (including phenoxy) is 1. The molecule has 1 unspecified atom stereocenters. The maximum Gasteiger partial charge on any atom is 0.338 e. The van der Waals surface area contributed by atoms with Crippen molar-refractivity contribution in [2.24, 2.45) is 0 Å². The zero-order valence-corrected chi connectivity index (χ0v) is 16.5. The minimum Gasteiger partial charge on any atom is -0.462 e. The second-order valence-electron chi connectivity index (χ2n) is 6.91. The summed E-state index contributed by atoms with van der Waals surface area (Å²) < 4.78 is 5.38. The Morgan fingerprint density at radius 1 is 1.41 bits per heavy atom. The van der Waals surface area contributed by atoms with Crippen LogP contribution in [0.15, 0.2) is 29.9 Å². The topological polar surface area (TPSA) is 68.3 Å². The molecule has 0 radical (unpaired) electrons. The quantitative estimate of drug-likeness (QED) is 0.432. The molecular weight excluding hydrogens is 359 g/mol.